The molecule has 0 saturated heterocycles. The van der Waals surface area contributed by atoms with Gasteiger partial charge in [-0.1, -0.05) is 18.2 Å². The Balaban J connectivity index is 2.00. The molecule has 2 heterocycles. The Kier molecular flexibility index (Phi) is 2.96. The van der Waals surface area contributed by atoms with Crippen molar-refractivity contribution >= 4 is 21.9 Å². The van der Waals surface area contributed by atoms with E-state index in [0.717, 1.165) is 0 Å². The Labute approximate surface area is 132 Å². The molecule has 0 aliphatic carbocycles. The third-order valence-corrected chi connectivity index (χ3v) is 3.65. The average molecular weight is 330 g/mol. The standard InChI is InChI=1S/C16H9F3N4O/c17-16(18,19)15-21-11-7-3-5-9(12(11)22-15)13-20-10-6-2-1-4-8(10)14(24)23-13/h1-7H,(H,21,22)(H,20,23,24). The van der Waals surface area contributed by atoms with Crippen LogP contribution in [0.15, 0.2) is 47.3 Å². The van der Waals surface area contributed by atoms with Crippen LogP contribution in [0.3, 0.4) is 0 Å². The lowest BCUT2D eigenvalue weighted by Crippen LogP contribution is -2.09. The van der Waals surface area contributed by atoms with Crippen LogP contribution in [0, 0.1) is 0 Å². The van der Waals surface area contributed by atoms with Crippen LogP contribution in [0.4, 0.5) is 13.2 Å². The lowest BCUT2D eigenvalue weighted by Gasteiger charge is -2.04. The van der Waals surface area contributed by atoms with Gasteiger partial charge in [-0.25, -0.2) is 9.97 Å². The summed E-state index contributed by atoms with van der Waals surface area (Å²) in [4.78, 5) is 25.0. The Morgan fingerprint density at radius 3 is 2.50 bits per heavy atom. The van der Waals surface area contributed by atoms with Crippen LogP contribution >= 0.6 is 0 Å². The van der Waals surface area contributed by atoms with Crippen LogP contribution in [-0.4, -0.2) is 19.9 Å². The van der Waals surface area contributed by atoms with Gasteiger partial charge in [-0.15, -0.1) is 0 Å². The van der Waals surface area contributed by atoms with Crippen molar-refractivity contribution in [3.8, 4) is 11.4 Å². The summed E-state index contributed by atoms with van der Waals surface area (Å²) < 4.78 is 38.6. The molecular formula is C16H9F3N4O. The molecule has 0 bridgehead atoms. The van der Waals surface area contributed by atoms with E-state index in [1.807, 2.05) is 0 Å². The summed E-state index contributed by atoms with van der Waals surface area (Å²) in [6.45, 7) is 0. The van der Waals surface area contributed by atoms with Crippen molar-refractivity contribution < 1.29 is 13.2 Å². The molecule has 2 N–H and O–H groups in total. The molecule has 0 spiro atoms. The van der Waals surface area contributed by atoms with Crippen molar-refractivity contribution in [2.24, 2.45) is 0 Å². The van der Waals surface area contributed by atoms with Crippen LogP contribution < -0.4 is 5.56 Å². The van der Waals surface area contributed by atoms with Crippen molar-refractivity contribution in [2.45, 2.75) is 6.18 Å². The van der Waals surface area contributed by atoms with E-state index in [2.05, 4.69) is 19.9 Å². The van der Waals surface area contributed by atoms with Crippen LogP contribution in [0.5, 0.6) is 0 Å². The number of hydrogen-bond donors (Lipinski definition) is 2. The molecular weight excluding hydrogens is 321 g/mol. The number of nitrogens with zero attached hydrogens (tertiary/aromatic N) is 2. The molecule has 0 fully saturated rings. The number of alkyl halides is 3. The monoisotopic (exact) mass is 330 g/mol. The maximum absolute atomic E-state index is 12.9. The molecule has 0 unspecified atom stereocenters. The topological polar surface area (TPSA) is 74.4 Å². The van der Waals surface area contributed by atoms with Gasteiger partial charge in [0.05, 0.1) is 21.9 Å². The normalized spacial score (nSPS) is 12.1. The SMILES string of the molecule is O=c1[nH]c(-c2cccc3[nH]c(C(F)(F)F)nc23)nc2ccccc12. The fourth-order valence-electron chi connectivity index (χ4n) is 2.57. The summed E-state index contributed by atoms with van der Waals surface area (Å²) in [6.07, 6.45) is -4.58. The summed E-state index contributed by atoms with van der Waals surface area (Å²) in [5.41, 5.74) is 0.736. The van der Waals surface area contributed by atoms with Crippen molar-refractivity contribution in [3.05, 3.63) is 58.6 Å². The Bertz CT molecular complexity index is 1130. The zero-order valence-electron chi connectivity index (χ0n) is 12.0. The second kappa shape index (κ2) is 4.92. The highest BCUT2D eigenvalue weighted by molar-refractivity contribution is 5.91. The van der Waals surface area contributed by atoms with Gasteiger partial charge in [0.2, 0.25) is 5.82 Å². The summed E-state index contributed by atoms with van der Waals surface area (Å²) in [5, 5.41) is 0.409. The molecule has 0 radical (unpaired) electrons. The van der Waals surface area contributed by atoms with E-state index in [1.54, 1.807) is 36.4 Å². The molecule has 4 aromatic rings. The molecule has 0 aliphatic heterocycles. The molecule has 2 aromatic heterocycles. The first-order valence-electron chi connectivity index (χ1n) is 6.99. The molecule has 0 amide bonds. The minimum Gasteiger partial charge on any atom is -0.334 e. The summed E-state index contributed by atoms with van der Waals surface area (Å²) in [6, 6.07) is 11.4. The first-order valence-corrected chi connectivity index (χ1v) is 6.99. The number of hydrogen-bond acceptors (Lipinski definition) is 3. The lowest BCUT2D eigenvalue weighted by atomic mass is 10.1. The predicted molar refractivity (Wildman–Crippen MR) is 82.5 cm³/mol. The van der Waals surface area contributed by atoms with Gasteiger partial charge < -0.3 is 9.97 Å². The van der Waals surface area contributed by atoms with E-state index in [4.69, 9.17) is 0 Å². The van der Waals surface area contributed by atoms with E-state index in [1.165, 1.54) is 6.07 Å². The maximum Gasteiger partial charge on any atom is 0.449 e. The fraction of sp³-hybridized carbons (Fsp3) is 0.0625. The van der Waals surface area contributed by atoms with E-state index in [9.17, 15) is 18.0 Å². The Morgan fingerprint density at radius 2 is 1.71 bits per heavy atom. The first kappa shape index (κ1) is 14.4. The van der Waals surface area contributed by atoms with Crippen LogP contribution in [0.1, 0.15) is 5.82 Å². The molecule has 0 atom stereocenters. The molecule has 0 saturated carbocycles. The van der Waals surface area contributed by atoms with Gasteiger partial charge in [0, 0.05) is 5.56 Å². The molecule has 8 heteroatoms. The molecule has 5 nitrogen and oxygen atoms in total. The predicted octanol–water partition coefficient (Wildman–Crippen LogP) is 3.49. The Morgan fingerprint density at radius 1 is 0.917 bits per heavy atom. The third-order valence-electron chi connectivity index (χ3n) is 3.65. The number of benzene rings is 2. The zero-order chi connectivity index (χ0) is 16.9. The summed E-state index contributed by atoms with van der Waals surface area (Å²) >= 11 is 0. The largest absolute Gasteiger partial charge is 0.449 e. The zero-order valence-corrected chi connectivity index (χ0v) is 12.0. The van der Waals surface area contributed by atoms with E-state index >= 15 is 0 Å². The molecule has 4 rings (SSSR count). The number of aromatic amines is 2. The van der Waals surface area contributed by atoms with Crippen molar-refractivity contribution in [1.82, 2.24) is 19.9 Å². The van der Waals surface area contributed by atoms with Gasteiger partial charge >= 0.3 is 6.18 Å². The highest BCUT2D eigenvalue weighted by atomic mass is 19.4. The summed E-state index contributed by atoms with van der Waals surface area (Å²) in [7, 11) is 0. The van der Waals surface area contributed by atoms with Gasteiger partial charge in [-0.2, -0.15) is 13.2 Å². The number of fused-ring (bicyclic) bond motifs is 2. The van der Waals surface area contributed by atoms with Crippen molar-refractivity contribution in [3.63, 3.8) is 0 Å². The maximum atomic E-state index is 12.9. The number of aromatic nitrogens is 4. The number of halogens is 3. The fourth-order valence-corrected chi connectivity index (χ4v) is 2.57. The molecule has 24 heavy (non-hydrogen) atoms. The van der Waals surface area contributed by atoms with Gasteiger partial charge in [-0.05, 0) is 24.3 Å². The minimum absolute atomic E-state index is 0.100. The Hall–Kier alpha value is -3.16. The van der Waals surface area contributed by atoms with Gasteiger partial charge in [-0.3, -0.25) is 4.79 Å². The second-order valence-corrected chi connectivity index (χ2v) is 5.22. The highest BCUT2D eigenvalue weighted by Gasteiger charge is 2.35. The van der Waals surface area contributed by atoms with Crippen LogP contribution in [-0.2, 0) is 6.18 Å². The van der Waals surface area contributed by atoms with Gasteiger partial charge in [0.25, 0.3) is 5.56 Å². The number of para-hydroxylation sites is 2. The average Bonchev–Trinajstić information content (AvgIpc) is 2.99. The lowest BCUT2D eigenvalue weighted by molar-refractivity contribution is -0.144. The van der Waals surface area contributed by atoms with Crippen LogP contribution in [0.2, 0.25) is 0 Å². The molecule has 120 valence electrons. The first-order chi connectivity index (χ1) is 11.4. The van der Waals surface area contributed by atoms with Gasteiger partial charge in [0.1, 0.15) is 5.82 Å². The number of imidazole rings is 1. The third kappa shape index (κ3) is 2.23. The number of H-pyrrole nitrogens is 2. The summed E-state index contributed by atoms with van der Waals surface area (Å²) in [5.74, 6) is -0.919. The quantitative estimate of drug-likeness (QED) is 0.561. The molecule has 0 aliphatic rings. The van der Waals surface area contributed by atoms with Crippen LogP contribution in [0.25, 0.3) is 33.3 Å². The number of nitrogens with one attached hydrogen (secondary N) is 2. The smallest absolute Gasteiger partial charge is 0.334 e. The second-order valence-electron chi connectivity index (χ2n) is 5.22. The van der Waals surface area contributed by atoms with E-state index in [-0.39, 0.29) is 22.4 Å². The van der Waals surface area contributed by atoms with E-state index in [0.29, 0.717) is 16.5 Å². The van der Waals surface area contributed by atoms with Crippen molar-refractivity contribution in [2.75, 3.05) is 0 Å². The number of rotatable bonds is 1. The van der Waals surface area contributed by atoms with Gasteiger partial charge in [0.15, 0.2) is 0 Å². The molecule has 2 aromatic carbocycles. The van der Waals surface area contributed by atoms with Crippen molar-refractivity contribution in [1.29, 1.82) is 0 Å². The minimum atomic E-state index is -4.58. The highest BCUT2D eigenvalue weighted by Crippen LogP contribution is 2.31. The van der Waals surface area contributed by atoms with E-state index < -0.39 is 12.0 Å².